The molecule has 1 aromatic heterocycles. The third-order valence-electron chi connectivity index (χ3n) is 3.65. The Morgan fingerprint density at radius 3 is 2.68 bits per heavy atom. The Morgan fingerprint density at radius 2 is 1.95 bits per heavy atom. The number of hydrogen-bond donors (Lipinski definition) is 0. The molecule has 0 radical (unpaired) electrons. The third-order valence-corrected chi connectivity index (χ3v) is 4.24. The second kappa shape index (κ2) is 5.00. The molecule has 3 nitrogen and oxygen atoms in total. The Bertz CT molecular complexity index is 672. The number of rotatable bonds is 1. The van der Waals surface area contributed by atoms with Crippen molar-refractivity contribution in [2.24, 2.45) is 0 Å². The van der Waals surface area contributed by atoms with Gasteiger partial charge in [-0.15, -0.1) is 0 Å². The molecule has 0 atom stereocenters. The minimum Gasteiger partial charge on any atom is -0.461 e. The second-order valence-electron chi connectivity index (χ2n) is 5.12. The number of piperidine rings is 1. The van der Waals surface area contributed by atoms with E-state index in [4.69, 9.17) is 4.42 Å². The number of fused-ring (bicyclic) bond motifs is 1. The minimum absolute atomic E-state index is 0.0764. The van der Waals surface area contributed by atoms with Gasteiger partial charge in [-0.2, -0.15) is 0 Å². The highest BCUT2D eigenvalue weighted by Gasteiger charge is 2.17. The molecule has 1 aromatic carbocycles. The van der Waals surface area contributed by atoms with Crippen LogP contribution in [0.25, 0.3) is 11.0 Å². The fourth-order valence-corrected chi connectivity index (χ4v) is 3.34. The van der Waals surface area contributed by atoms with E-state index in [0.717, 1.165) is 36.0 Å². The third kappa shape index (κ3) is 2.29. The number of aryl methyl sites for hydroxylation is 1. The van der Waals surface area contributed by atoms with Crippen LogP contribution in [0.2, 0.25) is 0 Å². The topological polar surface area (TPSA) is 33.5 Å². The predicted octanol–water partition coefficient (Wildman–Crippen LogP) is 3.85. The first-order valence-corrected chi connectivity index (χ1v) is 7.43. The van der Waals surface area contributed by atoms with Crippen molar-refractivity contribution in [3.8, 4) is 0 Å². The fourth-order valence-electron chi connectivity index (χ4n) is 2.68. The normalized spacial score (nSPS) is 16.0. The lowest BCUT2D eigenvalue weighted by atomic mass is 10.1. The van der Waals surface area contributed by atoms with Crippen molar-refractivity contribution in [1.82, 2.24) is 0 Å². The van der Waals surface area contributed by atoms with Crippen LogP contribution in [0.4, 0.5) is 5.69 Å². The average Bonchev–Trinajstić information content (AvgIpc) is 2.41. The van der Waals surface area contributed by atoms with Crippen LogP contribution in [0.5, 0.6) is 0 Å². The van der Waals surface area contributed by atoms with Gasteiger partial charge in [0.25, 0.3) is 0 Å². The van der Waals surface area contributed by atoms with Crippen molar-refractivity contribution in [2.75, 3.05) is 18.0 Å². The molecule has 0 bridgehead atoms. The van der Waals surface area contributed by atoms with E-state index in [1.807, 2.05) is 19.1 Å². The maximum Gasteiger partial charge on any atom is 0.216 e. The van der Waals surface area contributed by atoms with Gasteiger partial charge in [-0.3, -0.25) is 4.79 Å². The molecule has 4 heteroatoms. The molecule has 2 aromatic rings. The highest BCUT2D eigenvalue weighted by molar-refractivity contribution is 9.10. The van der Waals surface area contributed by atoms with E-state index >= 15 is 0 Å². The van der Waals surface area contributed by atoms with Gasteiger partial charge in [-0.1, -0.05) is 0 Å². The Morgan fingerprint density at radius 1 is 1.21 bits per heavy atom. The van der Waals surface area contributed by atoms with Crippen LogP contribution >= 0.6 is 15.9 Å². The molecule has 0 saturated carbocycles. The molecule has 100 valence electrons. The zero-order valence-electron chi connectivity index (χ0n) is 10.9. The quantitative estimate of drug-likeness (QED) is 0.799. The molecule has 0 amide bonds. The zero-order chi connectivity index (χ0) is 13.4. The van der Waals surface area contributed by atoms with Crippen LogP contribution in [0.1, 0.15) is 24.8 Å². The van der Waals surface area contributed by atoms with Crippen molar-refractivity contribution in [1.29, 1.82) is 0 Å². The molecule has 0 N–H and O–H groups in total. The molecule has 1 saturated heterocycles. The lowest BCUT2D eigenvalue weighted by Crippen LogP contribution is -2.33. The van der Waals surface area contributed by atoms with Gasteiger partial charge >= 0.3 is 0 Å². The second-order valence-corrected chi connectivity index (χ2v) is 5.98. The standard InChI is InChI=1S/C15H16BrNO2/c1-10-7-11-14(18)13(17-5-3-2-4-6-17)9-19-15(11)12(16)8-10/h7-9H,2-6H2,1H3. The van der Waals surface area contributed by atoms with Crippen molar-refractivity contribution < 1.29 is 4.42 Å². The Hall–Kier alpha value is -1.29. The number of halogens is 1. The number of hydrogen-bond acceptors (Lipinski definition) is 3. The predicted molar refractivity (Wildman–Crippen MR) is 81.0 cm³/mol. The number of anilines is 1. The summed E-state index contributed by atoms with van der Waals surface area (Å²) in [4.78, 5) is 14.8. The fraction of sp³-hybridized carbons (Fsp3) is 0.400. The molecule has 1 aliphatic heterocycles. The molecule has 19 heavy (non-hydrogen) atoms. The summed E-state index contributed by atoms with van der Waals surface area (Å²) in [5.74, 6) is 0. The average molecular weight is 322 g/mol. The van der Waals surface area contributed by atoms with Crippen molar-refractivity contribution >= 4 is 32.6 Å². The summed E-state index contributed by atoms with van der Waals surface area (Å²) >= 11 is 3.46. The van der Waals surface area contributed by atoms with E-state index in [1.165, 1.54) is 6.42 Å². The zero-order valence-corrected chi connectivity index (χ0v) is 12.5. The first kappa shape index (κ1) is 12.7. The van der Waals surface area contributed by atoms with Crippen LogP contribution < -0.4 is 10.3 Å². The van der Waals surface area contributed by atoms with Crippen LogP contribution in [0, 0.1) is 6.92 Å². The van der Waals surface area contributed by atoms with Gasteiger partial charge in [0, 0.05) is 13.1 Å². The van der Waals surface area contributed by atoms with E-state index in [1.54, 1.807) is 6.26 Å². The van der Waals surface area contributed by atoms with Gasteiger partial charge in [0.2, 0.25) is 5.43 Å². The van der Waals surface area contributed by atoms with Gasteiger partial charge in [-0.25, -0.2) is 0 Å². The highest BCUT2D eigenvalue weighted by atomic mass is 79.9. The molecule has 0 unspecified atom stereocenters. The van der Waals surface area contributed by atoms with Gasteiger partial charge in [-0.05, 0) is 59.8 Å². The lowest BCUT2D eigenvalue weighted by molar-refractivity contribution is 0.557. The van der Waals surface area contributed by atoms with Crippen molar-refractivity contribution in [3.05, 3.63) is 38.7 Å². The smallest absolute Gasteiger partial charge is 0.216 e. The van der Waals surface area contributed by atoms with Crippen LogP contribution in [-0.2, 0) is 0 Å². The molecular formula is C15H16BrNO2. The van der Waals surface area contributed by atoms with Gasteiger partial charge in [0.05, 0.1) is 9.86 Å². The summed E-state index contributed by atoms with van der Waals surface area (Å²) in [7, 11) is 0. The highest BCUT2D eigenvalue weighted by Crippen LogP contribution is 2.26. The Labute approximate surface area is 120 Å². The SMILES string of the molecule is Cc1cc(Br)c2occ(N3CCCCC3)c(=O)c2c1. The van der Waals surface area contributed by atoms with Crippen molar-refractivity contribution in [3.63, 3.8) is 0 Å². The van der Waals surface area contributed by atoms with E-state index < -0.39 is 0 Å². The molecular weight excluding hydrogens is 306 g/mol. The van der Waals surface area contributed by atoms with Crippen LogP contribution in [0.15, 0.2) is 32.1 Å². The summed E-state index contributed by atoms with van der Waals surface area (Å²) in [6.07, 6.45) is 5.15. The van der Waals surface area contributed by atoms with Crippen molar-refractivity contribution in [2.45, 2.75) is 26.2 Å². The minimum atomic E-state index is 0.0764. The maximum atomic E-state index is 12.6. The summed E-state index contributed by atoms with van der Waals surface area (Å²) in [5.41, 5.74) is 2.47. The summed E-state index contributed by atoms with van der Waals surface area (Å²) < 4.78 is 6.51. The monoisotopic (exact) mass is 321 g/mol. The molecule has 2 heterocycles. The molecule has 3 rings (SSSR count). The van der Waals surface area contributed by atoms with Gasteiger partial charge in [0.1, 0.15) is 12.0 Å². The van der Waals surface area contributed by atoms with Crippen LogP contribution in [0.3, 0.4) is 0 Å². The Balaban J connectivity index is 2.17. The first-order valence-electron chi connectivity index (χ1n) is 6.63. The largest absolute Gasteiger partial charge is 0.461 e. The summed E-state index contributed by atoms with van der Waals surface area (Å²) in [5, 5.41) is 0.662. The lowest BCUT2D eigenvalue weighted by Gasteiger charge is -2.27. The molecule has 0 aliphatic carbocycles. The number of nitrogens with zero attached hydrogens (tertiary/aromatic N) is 1. The van der Waals surface area contributed by atoms with Gasteiger partial charge in [0.15, 0.2) is 5.58 Å². The first-order chi connectivity index (χ1) is 9.16. The number of benzene rings is 1. The van der Waals surface area contributed by atoms with Crippen LogP contribution in [-0.4, -0.2) is 13.1 Å². The van der Waals surface area contributed by atoms with E-state index in [9.17, 15) is 4.79 Å². The van der Waals surface area contributed by atoms with E-state index in [2.05, 4.69) is 20.8 Å². The Kier molecular flexibility index (Phi) is 3.35. The summed E-state index contributed by atoms with van der Waals surface area (Å²) in [6.45, 7) is 3.88. The molecule has 0 spiro atoms. The molecule has 1 fully saturated rings. The maximum absolute atomic E-state index is 12.6. The van der Waals surface area contributed by atoms with Gasteiger partial charge < -0.3 is 9.32 Å². The summed E-state index contributed by atoms with van der Waals surface area (Å²) in [6, 6.07) is 3.87. The van der Waals surface area contributed by atoms with E-state index in [0.29, 0.717) is 16.7 Å². The van der Waals surface area contributed by atoms with E-state index in [-0.39, 0.29) is 5.43 Å². The molecule has 1 aliphatic rings.